The molecule has 0 saturated carbocycles. The molecule has 0 heterocycles. The minimum atomic E-state index is -0.987. The van der Waals surface area contributed by atoms with Gasteiger partial charge in [-0.2, -0.15) is 0 Å². The topological polar surface area (TPSA) is 92.8 Å². The van der Waals surface area contributed by atoms with Crippen molar-refractivity contribution in [1.82, 2.24) is 0 Å². The molecule has 0 radical (unpaired) electrons. The molecular weight excluding hydrogens is 214 g/mol. The Balaban J connectivity index is 2.78. The summed E-state index contributed by atoms with van der Waals surface area (Å²) in [4.78, 5) is 10.0. The van der Waals surface area contributed by atoms with Crippen LogP contribution in [0.5, 0.6) is 5.75 Å². The quantitative estimate of drug-likeness (QED) is 0.568. The highest BCUT2D eigenvalue weighted by molar-refractivity contribution is 5.43. The molecule has 0 amide bonds. The number of aliphatic hydroxyl groups excluding tert-OH is 2. The minimum Gasteiger partial charge on any atom is -0.490 e. The fourth-order valence-corrected chi connectivity index (χ4v) is 1.10. The van der Waals surface area contributed by atoms with E-state index < -0.39 is 17.6 Å². The summed E-state index contributed by atoms with van der Waals surface area (Å²) in [5.41, 5.74) is 0.662. The first kappa shape index (κ1) is 12.4. The van der Waals surface area contributed by atoms with Gasteiger partial charge in [-0.1, -0.05) is 0 Å². The Morgan fingerprint density at radius 3 is 2.81 bits per heavy atom. The molecule has 0 aromatic heterocycles. The van der Waals surface area contributed by atoms with E-state index in [4.69, 9.17) is 14.9 Å². The Morgan fingerprint density at radius 2 is 2.25 bits per heavy atom. The maximum Gasteiger partial charge on any atom is 0.273 e. The van der Waals surface area contributed by atoms with Crippen molar-refractivity contribution in [1.29, 1.82) is 0 Å². The minimum absolute atomic E-state index is 0.0703. The Morgan fingerprint density at radius 1 is 1.56 bits per heavy atom. The van der Waals surface area contributed by atoms with Crippen LogP contribution in [0, 0.1) is 17.0 Å². The van der Waals surface area contributed by atoms with Crippen LogP contribution in [-0.2, 0) is 0 Å². The van der Waals surface area contributed by atoms with E-state index in [2.05, 4.69) is 0 Å². The van der Waals surface area contributed by atoms with Gasteiger partial charge in [-0.25, -0.2) is 0 Å². The molecule has 0 aliphatic carbocycles. The van der Waals surface area contributed by atoms with Gasteiger partial charge in [0.05, 0.1) is 17.6 Å². The molecule has 1 rings (SSSR count). The van der Waals surface area contributed by atoms with Gasteiger partial charge in [0.1, 0.15) is 18.5 Å². The van der Waals surface area contributed by atoms with Gasteiger partial charge >= 0.3 is 0 Å². The number of non-ortho nitro benzene ring substituents is 1. The highest BCUT2D eigenvalue weighted by Gasteiger charge is 2.11. The Bertz CT molecular complexity index is 379. The van der Waals surface area contributed by atoms with Crippen LogP contribution in [0.2, 0.25) is 0 Å². The van der Waals surface area contributed by atoms with Gasteiger partial charge in [-0.3, -0.25) is 10.1 Å². The molecule has 16 heavy (non-hydrogen) atoms. The molecule has 2 N–H and O–H groups in total. The summed E-state index contributed by atoms with van der Waals surface area (Å²) in [7, 11) is 0. The van der Waals surface area contributed by atoms with Crippen molar-refractivity contribution in [3.63, 3.8) is 0 Å². The molecule has 6 heteroatoms. The number of nitro groups is 1. The van der Waals surface area contributed by atoms with Crippen LogP contribution >= 0.6 is 0 Å². The van der Waals surface area contributed by atoms with Crippen molar-refractivity contribution in [2.45, 2.75) is 13.0 Å². The second-order valence-corrected chi connectivity index (χ2v) is 3.35. The maximum absolute atomic E-state index is 10.5. The molecule has 88 valence electrons. The summed E-state index contributed by atoms with van der Waals surface area (Å²) in [6, 6.07) is 4.24. The van der Waals surface area contributed by atoms with E-state index in [9.17, 15) is 10.1 Å². The molecule has 0 aliphatic rings. The SMILES string of the molecule is Cc1ccc([N+](=O)[O-])cc1OCC(O)CO. The summed E-state index contributed by atoms with van der Waals surface area (Å²) < 4.78 is 5.17. The third-order valence-corrected chi connectivity index (χ3v) is 2.02. The molecular formula is C10H13NO5. The zero-order valence-electron chi connectivity index (χ0n) is 8.79. The van der Waals surface area contributed by atoms with Crippen molar-refractivity contribution >= 4 is 5.69 Å². The number of ether oxygens (including phenoxy) is 1. The van der Waals surface area contributed by atoms with Gasteiger partial charge < -0.3 is 14.9 Å². The summed E-state index contributed by atoms with van der Waals surface area (Å²) in [6.45, 7) is 1.23. The molecule has 1 unspecified atom stereocenters. The second-order valence-electron chi connectivity index (χ2n) is 3.35. The Hall–Kier alpha value is -1.66. The van der Waals surface area contributed by atoms with Gasteiger partial charge in [0, 0.05) is 6.07 Å². The van der Waals surface area contributed by atoms with Gasteiger partial charge in [0.15, 0.2) is 0 Å². The average molecular weight is 227 g/mol. The first-order valence-corrected chi connectivity index (χ1v) is 4.71. The number of nitrogens with zero attached hydrogens (tertiary/aromatic N) is 1. The summed E-state index contributed by atoms with van der Waals surface area (Å²) in [6.07, 6.45) is -0.987. The van der Waals surface area contributed by atoms with Crippen molar-refractivity contribution in [3.05, 3.63) is 33.9 Å². The zero-order valence-corrected chi connectivity index (χ0v) is 8.79. The monoisotopic (exact) mass is 227 g/mol. The summed E-state index contributed by atoms with van der Waals surface area (Å²) in [5, 5.41) is 28.2. The fourth-order valence-electron chi connectivity index (χ4n) is 1.10. The number of benzene rings is 1. The van der Waals surface area contributed by atoms with Crippen molar-refractivity contribution < 1.29 is 19.9 Å². The molecule has 0 saturated heterocycles. The third-order valence-electron chi connectivity index (χ3n) is 2.02. The summed E-state index contributed by atoms with van der Waals surface area (Å²) in [5.74, 6) is 0.335. The number of hydrogen-bond acceptors (Lipinski definition) is 5. The lowest BCUT2D eigenvalue weighted by Crippen LogP contribution is -2.21. The highest BCUT2D eigenvalue weighted by atomic mass is 16.6. The smallest absolute Gasteiger partial charge is 0.273 e. The number of nitro benzene ring substituents is 1. The lowest BCUT2D eigenvalue weighted by molar-refractivity contribution is -0.385. The lowest BCUT2D eigenvalue weighted by Gasteiger charge is -2.11. The summed E-state index contributed by atoms with van der Waals surface area (Å²) >= 11 is 0. The van der Waals surface area contributed by atoms with Crippen LogP contribution in [0.1, 0.15) is 5.56 Å². The van der Waals surface area contributed by atoms with Crippen LogP contribution in [0.3, 0.4) is 0 Å². The molecule has 0 aliphatic heterocycles. The van der Waals surface area contributed by atoms with E-state index in [1.807, 2.05) is 0 Å². The van der Waals surface area contributed by atoms with Crippen molar-refractivity contribution in [3.8, 4) is 5.75 Å². The van der Waals surface area contributed by atoms with E-state index in [0.29, 0.717) is 5.75 Å². The number of rotatable bonds is 5. The van der Waals surface area contributed by atoms with E-state index >= 15 is 0 Å². The van der Waals surface area contributed by atoms with Crippen LogP contribution in [-0.4, -0.2) is 34.5 Å². The number of hydrogen-bond donors (Lipinski definition) is 2. The van der Waals surface area contributed by atoms with Crippen molar-refractivity contribution in [2.75, 3.05) is 13.2 Å². The molecule has 6 nitrogen and oxygen atoms in total. The zero-order chi connectivity index (χ0) is 12.1. The first-order chi connectivity index (χ1) is 7.54. The van der Waals surface area contributed by atoms with Crippen LogP contribution < -0.4 is 4.74 Å². The van der Waals surface area contributed by atoms with Crippen molar-refractivity contribution in [2.24, 2.45) is 0 Å². The average Bonchev–Trinajstić information content (AvgIpc) is 2.27. The molecule has 1 atom stereocenters. The van der Waals surface area contributed by atoms with Gasteiger partial charge in [0.2, 0.25) is 0 Å². The predicted octanol–water partition coefficient (Wildman–Crippen LogP) is 0.635. The molecule has 1 aromatic carbocycles. The molecule has 0 spiro atoms. The Kier molecular flexibility index (Phi) is 4.21. The number of aryl methyl sites for hydroxylation is 1. The van der Waals surface area contributed by atoms with Crippen LogP contribution in [0.25, 0.3) is 0 Å². The fraction of sp³-hybridized carbons (Fsp3) is 0.400. The molecule has 0 bridgehead atoms. The van der Waals surface area contributed by atoms with Gasteiger partial charge in [-0.05, 0) is 18.6 Å². The van der Waals surface area contributed by atoms with Crippen LogP contribution in [0.4, 0.5) is 5.69 Å². The maximum atomic E-state index is 10.5. The van der Waals surface area contributed by atoms with Crippen LogP contribution in [0.15, 0.2) is 18.2 Å². The second kappa shape index (κ2) is 5.43. The molecule has 0 fully saturated rings. The van der Waals surface area contributed by atoms with Gasteiger partial charge in [0.25, 0.3) is 5.69 Å². The number of aliphatic hydroxyl groups is 2. The van der Waals surface area contributed by atoms with E-state index in [1.54, 1.807) is 13.0 Å². The highest BCUT2D eigenvalue weighted by Crippen LogP contribution is 2.23. The first-order valence-electron chi connectivity index (χ1n) is 4.71. The molecule has 1 aromatic rings. The van der Waals surface area contributed by atoms with E-state index in [1.165, 1.54) is 12.1 Å². The normalized spacial score (nSPS) is 12.2. The lowest BCUT2D eigenvalue weighted by atomic mass is 10.2. The third kappa shape index (κ3) is 3.18. The standard InChI is InChI=1S/C10H13NO5/c1-7-2-3-8(11(14)15)4-10(7)16-6-9(13)5-12/h2-4,9,12-13H,5-6H2,1H3. The Labute approximate surface area is 92.2 Å². The van der Waals surface area contributed by atoms with E-state index in [0.717, 1.165) is 5.56 Å². The largest absolute Gasteiger partial charge is 0.490 e. The predicted molar refractivity (Wildman–Crippen MR) is 56.4 cm³/mol. The van der Waals surface area contributed by atoms with E-state index in [-0.39, 0.29) is 12.3 Å². The van der Waals surface area contributed by atoms with Gasteiger partial charge in [-0.15, -0.1) is 0 Å².